The van der Waals surface area contributed by atoms with E-state index in [1.54, 1.807) is 6.92 Å². The number of fused-ring (bicyclic) bond motifs is 3. The van der Waals surface area contributed by atoms with E-state index in [1.165, 1.54) is 11.1 Å². The fourth-order valence-corrected chi connectivity index (χ4v) is 5.88. The number of pyridine rings is 1. The summed E-state index contributed by atoms with van der Waals surface area (Å²) in [6, 6.07) is 6.77. The molecule has 0 unspecified atom stereocenters. The van der Waals surface area contributed by atoms with E-state index in [0.717, 1.165) is 118 Å². The number of nitrogen functional groups attached to an aromatic ring is 1. The zero-order valence-electron chi connectivity index (χ0n) is 26.1. The van der Waals surface area contributed by atoms with Crippen LogP contribution in [0.15, 0.2) is 18.2 Å². The van der Waals surface area contributed by atoms with Crippen LogP contribution in [0.3, 0.4) is 0 Å². The van der Waals surface area contributed by atoms with Gasteiger partial charge >= 0.3 is 0 Å². The van der Waals surface area contributed by atoms with Gasteiger partial charge in [-0.1, -0.05) is 13.3 Å². The number of rotatable bonds is 16. The van der Waals surface area contributed by atoms with E-state index in [0.29, 0.717) is 18.8 Å². The summed E-state index contributed by atoms with van der Waals surface area (Å²) in [5.41, 5.74) is 10.8. The molecule has 1 aromatic carbocycles. The maximum atomic E-state index is 11.1. The zero-order chi connectivity index (χ0) is 29.4. The van der Waals surface area contributed by atoms with Gasteiger partial charge in [0.15, 0.2) is 5.82 Å². The molecule has 0 saturated carbocycles. The lowest BCUT2D eigenvalue weighted by Gasteiger charge is -2.41. The van der Waals surface area contributed by atoms with Gasteiger partial charge in [0.05, 0.1) is 37.8 Å². The summed E-state index contributed by atoms with van der Waals surface area (Å²) < 4.78 is 8.98. The van der Waals surface area contributed by atoms with Crippen molar-refractivity contribution in [2.75, 3.05) is 79.4 Å². The number of quaternary nitrogens is 1. The molecule has 9 nitrogen and oxygen atoms in total. The minimum Gasteiger partial charge on any atom is -0.382 e. The van der Waals surface area contributed by atoms with E-state index in [2.05, 4.69) is 60.6 Å². The van der Waals surface area contributed by atoms with Crippen molar-refractivity contribution in [2.24, 2.45) is 0 Å². The van der Waals surface area contributed by atoms with Crippen molar-refractivity contribution < 1.29 is 9.53 Å². The number of aryl methyl sites for hydroxylation is 2. The maximum absolute atomic E-state index is 11.1. The van der Waals surface area contributed by atoms with Crippen molar-refractivity contribution >= 4 is 39.2 Å². The summed E-state index contributed by atoms with van der Waals surface area (Å²) in [6.07, 6.45) is 7.00. The average Bonchev–Trinajstić information content (AvgIpc) is 3.31. The predicted molar refractivity (Wildman–Crippen MR) is 170 cm³/mol. The monoisotopic (exact) mass is 566 g/mol. The van der Waals surface area contributed by atoms with Gasteiger partial charge in [-0.2, -0.15) is 0 Å². The van der Waals surface area contributed by atoms with Crippen LogP contribution in [-0.2, 0) is 22.5 Å². The lowest BCUT2D eigenvalue weighted by atomic mass is 10.1. The number of imidazole rings is 1. The molecule has 4 rings (SSSR count). The first-order valence-corrected chi connectivity index (χ1v) is 15.6. The number of aromatic nitrogens is 3. The zero-order valence-corrected chi connectivity index (χ0v) is 26.1. The van der Waals surface area contributed by atoms with Gasteiger partial charge < -0.3 is 19.9 Å². The van der Waals surface area contributed by atoms with Gasteiger partial charge in [-0.25, -0.2) is 9.97 Å². The number of benzene rings is 1. The number of ether oxygens (including phenoxy) is 1. The molecule has 2 N–H and O–H groups in total. The number of Topliss-reactive ketones (excluding diaryl/α,β-unsaturated/α-hetero) is 1. The quantitative estimate of drug-likeness (QED) is 0.202. The van der Waals surface area contributed by atoms with Gasteiger partial charge in [0.25, 0.3) is 0 Å². The number of nitrogens with two attached hydrogens (primary N) is 1. The fourth-order valence-electron chi connectivity index (χ4n) is 5.88. The van der Waals surface area contributed by atoms with E-state index in [4.69, 9.17) is 20.4 Å². The number of likely N-dealkylation sites (N-methyl/N-ethyl adjacent to an activating group) is 1. The Hall–Kier alpha value is -2.59. The smallest absolute Gasteiger partial charge is 0.152 e. The third kappa shape index (κ3) is 8.03. The molecule has 0 aliphatic carbocycles. The maximum Gasteiger partial charge on any atom is 0.152 e. The molecule has 1 aliphatic rings. The molecule has 0 amide bonds. The summed E-state index contributed by atoms with van der Waals surface area (Å²) in [4.78, 5) is 25.7. The lowest BCUT2D eigenvalue weighted by molar-refractivity contribution is -0.118. The summed E-state index contributed by atoms with van der Waals surface area (Å²) >= 11 is 0. The first-order chi connectivity index (χ1) is 19.7. The molecule has 226 valence electrons. The Kier molecular flexibility index (Phi) is 11.1. The van der Waals surface area contributed by atoms with Crippen LogP contribution in [-0.4, -0.2) is 104 Å². The highest BCUT2D eigenvalue weighted by Crippen LogP contribution is 2.34. The first-order valence-electron chi connectivity index (χ1n) is 15.6. The Labute approximate surface area is 246 Å². The SMILES string of the molecule is CCCCc1nc2c(N)nc3ccc([N+]4(C)CCN(CCCOCCC(C)=O)CC4)cc3c2n1CCCCN(C)C. The number of hydrogen-bond acceptors (Lipinski definition) is 7. The average molecular weight is 567 g/mol. The van der Waals surface area contributed by atoms with Crippen LogP contribution in [0.1, 0.15) is 58.2 Å². The molecule has 41 heavy (non-hydrogen) atoms. The second-order valence-corrected chi connectivity index (χ2v) is 12.3. The molecule has 0 bridgehead atoms. The van der Waals surface area contributed by atoms with Gasteiger partial charge in [-0.3, -0.25) is 14.2 Å². The van der Waals surface area contributed by atoms with Crippen LogP contribution in [0.5, 0.6) is 0 Å². The third-order valence-corrected chi connectivity index (χ3v) is 8.56. The minimum atomic E-state index is 0.188. The van der Waals surface area contributed by atoms with Crippen LogP contribution in [0.2, 0.25) is 0 Å². The number of unbranched alkanes of at least 4 members (excludes halogenated alkanes) is 2. The van der Waals surface area contributed by atoms with Crippen molar-refractivity contribution in [3.63, 3.8) is 0 Å². The van der Waals surface area contributed by atoms with E-state index in [-0.39, 0.29) is 5.78 Å². The highest BCUT2D eigenvalue weighted by molar-refractivity contribution is 6.07. The largest absolute Gasteiger partial charge is 0.382 e. The van der Waals surface area contributed by atoms with Crippen LogP contribution in [0, 0.1) is 0 Å². The predicted octanol–water partition coefficient (Wildman–Crippen LogP) is 4.49. The first kappa shape index (κ1) is 31.3. The Balaban J connectivity index is 1.53. The molecule has 3 aromatic rings. The Morgan fingerprint density at radius 1 is 1.07 bits per heavy atom. The molecule has 9 heteroatoms. The lowest BCUT2D eigenvalue weighted by Crippen LogP contribution is -2.58. The van der Waals surface area contributed by atoms with Gasteiger partial charge in [-0.05, 0) is 59.3 Å². The molecule has 1 fully saturated rings. The van der Waals surface area contributed by atoms with E-state index in [9.17, 15) is 4.79 Å². The number of ketones is 1. The number of carbonyl (C=O) groups excluding carboxylic acids is 1. The summed E-state index contributed by atoms with van der Waals surface area (Å²) in [5, 5.41) is 1.17. The molecule has 2 aromatic heterocycles. The molecule has 3 heterocycles. The third-order valence-electron chi connectivity index (χ3n) is 8.56. The summed E-state index contributed by atoms with van der Waals surface area (Å²) in [6.45, 7) is 12.4. The van der Waals surface area contributed by atoms with Crippen molar-refractivity contribution in [1.29, 1.82) is 0 Å². The number of carbonyl (C=O) groups is 1. The van der Waals surface area contributed by atoms with Gasteiger partial charge in [0.1, 0.15) is 22.8 Å². The molecular weight excluding hydrogens is 514 g/mol. The molecule has 0 spiro atoms. The van der Waals surface area contributed by atoms with Gasteiger partial charge in [-0.15, -0.1) is 0 Å². The second kappa shape index (κ2) is 14.5. The number of nitrogens with zero attached hydrogens (tertiary/aromatic N) is 6. The molecule has 0 atom stereocenters. The van der Waals surface area contributed by atoms with E-state index >= 15 is 0 Å². The van der Waals surface area contributed by atoms with Crippen molar-refractivity contribution in [3.05, 3.63) is 24.0 Å². The highest BCUT2D eigenvalue weighted by atomic mass is 16.5. The van der Waals surface area contributed by atoms with E-state index < -0.39 is 0 Å². The normalized spacial score (nSPS) is 15.9. The summed E-state index contributed by atoms with van der Waals surface area (Å²) in [5.74, 6) is 1.86. The van der Waals surface area contributed by atoms with Crippen LogP contribution in [0.4, 0.5) is 11.5 Å². The molecule has 0 radical (unpaired) electrons. The molecule has 1 aliphatic heterocycles. The van der Waals surface area contributed by atoms with Crippen LogP contribution in [0.25, 0.3) is 21.9 Å². The van der Waals surface area contributed by atoms with Crippen molar-refractivity contribution in [3.8, 4) is 0 Å². The molecular formula is C32H52N7O2+. The Morgan fingerprint density at radius 2 is 1.85 bits per heavy atom. The van der Waals surface area contributed by atoms with Crippen LogP contribution < -0.4 is 10.2 Å². The fraction of sp³-hybridized carbons (Fsp3) is 0.656. The minimum absolute atomic E-state index is 0.188. The Bertz CT molecular complexity index is 1290. The number of anilines is 1. The van der Waals surface area contributed by atoms with Crippen LogP contribution >= 0.6 is 0 Å². The van der Waals surface area contributed by atoms with Gasteiger partial charge in [0.2, 0.25) is 0 Å². The van der Waals surface area contributed by atoms with Gasteiger partial charge in [0, 0.05) is 63.1 Å². The Morgan fingerprint density at radius 3 is 2.56 bits per heavy atom. The van der Waals surface area contributed by atoms with Crippen molar-refractivity contribution in [1.82, 2.24) is 28.8 Å². The molecule has 1 saturated heterocycles. The topological polar surface area (TPSA) is 89.5 Å². The number of piperazine rings is 1. The highest BCUT2D eigenvalue weighted by Gasteiger charge is 2.31. The number of hydrogen-bond donors (Lipinski definition) is 1. The standard InChI is InChI=1S/C32H52N7O2/c1-6-7-11-29-35-30-31(38(29)17-9-8-15-36(3)4)27-24-26(12-13-28(27)34-32(30)33)39(5)20-18-37(19-21-39)16-10-22-41-23-14-25(2)40/h12-13,24H,6-11,14-23H2,1-5H3,(H2,33,34)/q+1. The second-order valence-electron chi connectivity index (χ2n) is 12.3. The summed E-state index contributed by atoms with van der Waals surface area (Å²) in [7, 11) is 6.63. The van der Waals surface area contributed by atoms with E-state index in [1.807, 2.05) is 0 Å². The van der Waals surface area contributed by atoms with Crippen molar-refractivity contribution in [2.45, 2.75) is 65.3 Å².